The zero-order chi connectivity index (χ0) is 9.68. The van der Waals surface area contributed by atoms with E-state index < -0.39 is 0 Å². The van der Waals surface area contributed by atoms with E-state index in [0.29, 0.717) is 6.04 Å². The molecule has 0 saturated carbocycles. The molecule has 1 rings (SSSR count). The van der Waals surface area contributed by atoms with Crippen LogP contribution >= 0.6 is 0 Å². The van der Waals surface area contributed by atoms with Crippen LogP contribution in [0, 0.1) is 0 Å². The molecular weight excluding hydrogens is 166 g/mol. The molecule has 1 aromatic rings. The number of nitrogens with zero attached hydrogens (tertiary/aromatic N) is 2. The number of likely N-dealkylation sites (N-methyl/N-ethyl adjacent to an activating group) is 1. The Balaban J connectivity index is 2.48. The molecule has 1 atom stereocenters. The van der Waals surface area contributed by atoms with Gasteiger partial charge in [0.15, 0.2) is 5.82 Å². The second kappa shape index (κ2) is 4.97. The summed E-state index contributed by atoms with van der Waals surface area (Å²) in [6.07, 6.45) is 2.76. The first-order valence-electron chi connectivity index (χ1n) is 4.75. The molecule has 0 bridgehead atoms. The Kier molecular flexibility index (Phi) is 3.89. The van der Waals surface area contributed by atoms with E-state index in [1.807, 2.05) is 7.05 Å². The van der Waals surface area contributed by atoms with Crippen LogP contribution in [0.15, 0.2) is 4.52 Å². The van der Waals surface area contributed by atoms with Crippen molar-refractivity contribution in [1.29, 1.82) is 0 Å². The standard InChI is InChI=1S/C9H17N3O/c1-4-5-8-11-9(13-12-8)6-7(2)10-3/h7,10H,4-6H2,1-3H3. The van der Waals surface area contributed by atoms with E-state index in [1.54, 1.807) is 0 Å². The minimum absolute atomic E-state index is 0.384. The SMILES string of the molecule is CCCc1noc(CC(C)NC)n1. The Morgan fingerprint density at radius 2 is 2.31 bits per heavy atom. The fraction of sp³-hybridized carbons (Fsp3) is 0.778. The summed E-state index contributed by atoms with van der Waals surface area (Å²) < 4.78 is 5.09. The van der Waals surface area contributed by atoms with Gasteiger partial charge in [-0.1, -0.05) is 12.1 Å². The Morgan fingerprint density at radius 1 is 1.54 bits per heavy atom. The van der Waals surface area contributed by atoms with Crippen molar-refractivity contribution in [3.63, 3.8) is 0 Å². The molecule has 1 unspecified atom stereocenters. The summed E-state index contributed by atoms with van der Waals surface area (Å²) in [5.41, 5.74) is 0. The number of aromatic nitrogens is 2. The van der Waals surface area contributed by atoms with Crippen LogP contribution in [-0.2, 0) is 12.8 Å². The highest BCUT2D eigenvalue weighted by atomic mass is 16.5. The zero-order valence-electron chi connectivity index (χ0n) is 8.50. The zero-order valence-corrected chi connectivity index (χ0v) is 8.50. The Bertz CT molecular complexity index is 247. The van der Waals surface area contributed by atoms with Gasteiger partial charge in [-0.15, -0.1) is 0 Å². The summed E-state index contributed by atoms with van der Waals surface area (Å²) in [4.78, 5) is 4.27. The van der Waals surface area contributed by atoms with Crippen LogP contribution < -0.4 is 5.32 Å². The molecule has 4 heteroatoms. The molecule has 1 heterocycles. The number of rotatable bonds is 5. The lowest BCUT2D eigenvalue weighted by molar-refractivity contribution is 0.360. The molecule has 1 N–H and O–H groups in total. The van der Waals surface area contributed by atoms with E-state index in [4.69, 9.17) is 4.52 Å². The molecule has 1 aromatic heterocycles. The molecule has 0 radical (unpaired) electrons. The second-order valence-electron chi connectivity index (χ2n) is 3.25. The van der Waals surface area contributed by atoms with Gasteiger partial charge in [-0.2, -0.15) is 4.98 Å². The van der Waals surface area contributed by atoms with Gasteiger partial charge >= 0.3 is 0 Å². The van der Waals surface area contributed by atoms with E-state index in [1.165, 1.54) is 0 Å². The van der Waals surface area contributed by atoms with E-state index in [9.17, 15) is 0 Å². The fourth-order valence-corrected chi connectivity index (χ4v) is 1.06. The van der Waals surface area contributed by atoms with Crippen molar-refractivity contribution in [2.75, 3.05) is 7.05 Å². The van der Waals surface area contributed by atoms with E-state index in [-0.39, 0.29) is 0 Å². The maximum absolute atomic E-state index is 5.09. The van der Waals surface area contributed by atoms with Crippen LogP contribution in [0.3, 0.4) is 0 Å². The third-order valence-electron chi connectivity index (χ3n) is 1.96. The van der Waals surface area contributed by atoms with Crippen LogP contribution in [0.5, 0.6) is 0 Å². The Labute approximate surface area is 78.7 Å². The first-order chi connectivity index (χ1) is 6.26. The second-order valence-corrected chi connectivity index (χ2v) is 3.25. The topological polar surface area (TPSA) is 51.0 Å². The van der Waals surface area contributed by atoms with Crippen molar-refractivity contribution in [3.05, 3.63) is 11.7 Å². The van der Waals surface area contributed by atoms with Crippen molar-refractivity contribution >= 4 is 0 Å². The van der Waals surface area contributed by atoms with Gasteiger partial charge < -0.3 is 9.84 Å². The molecule has 0 amide bonds. The fourth-order valence-electron chi connectivity index (χ4n) is 1.06. The van der Waals surface area contributed by atoms with Crippen LogP contribution in [0.1, 0.15) is 32.0 Å². The average molecular weight is 183 g/mol. The summed E-state index contributed by atoms with van der Waals surface area (Å²) in [5.74, 6) is 1.55. The van der Waals surface area contributed by atoms with E-state index in [0.717, 1.165) is 31.0 Å². The lowest BCUT2D eigenvalue weighted by Gasteiger charge is -2.04. The van der Waals surface area contributed by atoms with E-state index >= 15 is 0 Å². The summed E-state index contributed by atoms with van der Waals surface area (Å²) in [6.45, 7) is 4.19. The molecule has 0 fully saturated rings. The number of hydrogen-bond donors (Lipinski definition) is 1. The van der Waals surface area contributed by atoms with Gasteiger partial charge in [-0.05, 0) is 20.4 Å². The maximum Gasteiger partial charge on any atom is 0.228 e. The molecule has 0 aliphatic carbocycles. The van der Waals surface area contributed by atoms with Gasteiger partial charge in [-0.25, -0.2) is 0 Å². The van der Waals surface area contributed by atoms with Gasteiger partial charge in [0.1, 0.15) is 0 Å². The Hall–Kier alpha value is -0.900. The molecule has 4 nitrogen and oxygen atoms in total. The minimum atomic E-state index is 0.384. The predicted molar refractivity (Wildman–Crippen MR) is 50.5 cm³/mol. The highest BCUT2D eigenvalue weighted by Gasteiger charge is 2.08. The molecule has 0 aliphatic heterocycles. The van der Waals surface area contributed by atoms with Gasteiger partial charge in [0.05, 0.1) is 0 Å². The normalized spacial score (nSPS) is 13.2. The molecular formula is C9H17N3O. The summed E-state index contributed by atoms with van der Waals surface area (Å²) >= 11 is 0. The molecule has 0 spiro atoms. The van der Waals surface area contributed by atoms with Crippen LogP contribution in [0.25, 0.3) is 0 Å². The lowest BCUT2D eigenvalue weighted by atomic mass is 10.2. The third kappa shape index (κ3) is 3.14. The monoisotopic (exact) mass is 183 g/mol. The van der Waals surface area contributed by atoms with Crippen molar-refractivity contribution in [3.8, 4) is 0 Å². The summed E-state index contributed by atoms with van der Waals surface area (Å²) in [6, 6.07) is 0.384. The van der Waals surface area contributed by atoms with Crippen molar-refractivity contribution in [2.45, 2.75) is 39.2 Å². The molecule has 74 valence electrons. The van der Waals surface area contributed by atoms with E-state index in [2.05, 4.69) is 29.3 Å². The van der Waals surface area contributed by atoms with Gasteiger partial charge in [0.25, 0.3) is 0 Å². The number of nitrogens with one attached hydrogen (secondary N) is 1. The third-order valence-corrected chi connectivity index (χ3v) is 1.96. The van der Waals surface area contributed by atoms with Gasteiger partial charge in [0, 0.05) is 18.9 Å². The summed E-state index contributed by atoms with van der Waals surface area (Å²) in [7, 11) is 1.92. The largest absolute Gasteiger partial charge is 0.339 e. The van der Waals surface area contributed by atoms with Crippen molar-refractivity contribution in [1.82, 2.24) is 15.5 Å². The van der Waals surface area contributed by atoms with Crippen LogP contribution in [-0.4, -0.2) is 23.2 Å². The lowest BCUT2D eigenvalue weighted by Crippen LogP contribution is -2.23. The maximum atomic E-state index is 5.09. The quantitative estimate of drug-likeness (QED) is 0.744. The predicted octanol–water partition coefficient (Wildman–Crippen LogP) is 1.17. The van der Waals surface area contributed by atoms with Crippen LogP contribution in [0.2, 0.25) is 0 Å². The summed E-state index contributed by atoms with van der Waals surface area (Å²) in [5, 5.41) is 7.01. The minimum Gasteiger partial charge on any atom is -0.339 e. The van der Waals surface area contributed by atoms with Crippen molar-refractivity contribution < 1.29 is 4.52 Å². The smallest absolute Gasteiger partial charge is 0.228 e. The highest BCUT2D eigenvalue weighted by Crippen LogP contribution is 2.02. The molecule has 13 heavy (non-hydrogen) atoms. The molecule has 0 aliphatic rings. The first-order valence-corrected chi connectivity index (χ1v) is 4.75. The number of aryl methyl sites for hydroxylation is 1. The van der Waals surface area contributed by atoms with Gasteiger partial charge in [-0.3, -0.25) is 0 Å². The molecule has 0 saturated heterocycles. The highest BCUT2D eigenvalue weighted by molar-refractivity contribution is 4.88. The number of hydrogen-bond acceptors (Lipinski definition) is 4. The Morgan fingerprint density at radius 3 is 2.92 bits per heavy atom. The van der Waals surface area contributed by atoms with Gasteiger partial charge in [0.2, 0.25) is 5.89 Å². The van der Waals surface area contributed by atoms with Crippen molar-refractivity contribution in [2.24, 2.45) is 0 Å². The molecule has 0 aromatic carbocycles. The average Bonchev–Trinajstić information content (AvgIpc) is 2.53. The van der Waals surface area contributed by atoms with Crippen LogP contribution in [0.4, 0.5) is 0 Å². The first kappa shape index (κ1) is 10.2.